The number of rotatable bonds is 6. The van der Waals surface area contributed by atoms with Gasteiger partial charge in [-0.15, -0.1) is 13.2 Å². The number of hydrogen-bond donors (Lipinski definition) is 2. The second kappa shape index (κ2) is 10.3. The van der Waals surface area contributed by atoms with E-state index in [1.807, 2.05) is 10.8 Å². The minimum absolute atomic E-state index is 0.0223. The van der Waals surface area contributed by atoms with Crippen LogP contribution in [0.4, 0.5) is 24.8 Å². The Morgan fingerprint density at radius 2 is 1.88 bits per heavy atom. The molecule has 0 bridgehead atoms. The van der Waals surface area contributed by atoms with Crippen LogP contribution >= 0.6 is 11.6 Å². The van der Waals surface area contributed by atoms with Crippen molar-refractivity contribution in [2.75, 3.05) is 16.5 Å². The molecule has 0 aliphatic carbocycles. The van der Waals surface area contributed by atoms with Gasteiger partial charge in [-0.05, 0) is 37.6 Å². The minimum atomic E-state index is -4.63. The maximum absolute atomic E-state index is 13.5. The molecule has 2 N–H and O–H groups in total. The van der Waals surface area contributed by atoms with E-state index in [1.165, 1.54) is 23.7 Å². The summed E-state index contributed by atoms with van der Waals surface area (Å²) in [5.41, 5.74) is 1.83. The third kappa shape index (κ3) is 5.63. The van der Waals surface area contributed by atoms with E-state index in [-0.39, 0.29) is 51.5 Å². The Labute approximate surface area is 242 Å². The third-order valence-electron chi connectivity index (χ3n) is 6.65. The zero-order valence-electron chi connectivity index (χ0n) is 22.6. The van der Waals surface area contributed by atoms with Crippen molar-refractivity contribution in [3.8, 4) is 0 Å². The number of alkyl halides is 3. The Bertz CT molecular complexity index is 1900. The van der Waals surface area contributed by atoms with E-state index >= 15 is 0 Å². The largest absolute Gasteiger partial charge is 0.504 e. The summed E-state index contributed by atoms with van der Waals surface area (Å²) in [6, 6.07) is 5.81. The van der Waals surface area contributed by atoms with Crippen LogP contribution in [0.1, 0.15) is 45.8 Å². The fourth-order valence-electron chi connectivity index (χ4n) is 4.83. The highest BCUT2D eigenvalue weighted by molar-refractivity contribution is 7.89. The van der Waals surface area contributed by atoms with Crippen molar-refractivity contribution >= 4 is 50.1 Å². The van der Waals surface area contributed by atoms with Crippen molar-refractivity contribution in [2.24, 2.45) is 7.05 Å². The van der Waals surface area contributed by atoms with Crippen molar-refractivity contribution in [1.82, 2.24) is 29.0 Å². The smallest absolute Gasteiger partial charge is 0.377 e. The highest BCUT2D eigenvalue weighted by Crippen LogP contribution is 2.32. The van der Waals surface area contributed by atoms with Crippen molar-refractivity contribution in [1.29, 1.82) is 0 Å². The number of halogens is 4. The van der Waals surface area contributed by atoms with Gasteiger partial charge in [0.25, 0.3) is 11.5 Å². The number of nitrogens with one attached hydrogen (secondary N) is 2. The summed E-state index contributed by atoms with van der Waals surface area (Å²) >= 11 is 5.97. The van der Waals surface area contributed by atoms with E-state index < -0.39 is 28.3 Å². The Kier molecular flexibility index (Phi) is 7.17. The van der Waals surface area contributed by atoms with Crippen LogP contribution in [0.25, 0.3) is 10.9 Å². The van der Waals surface area contributed by atoms with Crippen LogP contribution in [-0.2, 0) is 36.5 Å². The van der Waals surface area contributed by atoms with Gasteiger partial charge < -0.3 is 10.2 Å². The number of pyridine rings is 1. The lowest BCUT2D eigenvalue weighted by Gasteiger charge is -2.23. The highest BCUT2D eigenvalue weighted by atomic mass is 35.5. The van der Waals surface area contributed by atoms with Crippen LogP contribution in [0.3, 0.4) is 0 Å². The first-order valence-corrected chi connectivity index (χ1v) is 14.6. The second-order valence-electron chi connectivity index (χ2n) is 10.00. The molecule has 1 aliphatic rings. The van der Waals surface area contributed by atoms with E-state index in [0.29, 0.717) is 22.0 Å². The molecule has 0 unspecified atom stereocenters. The highest BCUT2D eigenvalue weighted by Gasteiger charge is 2.36. The molecule has 42 heavy (non-hydrogen) atoms. The zero-order valence-corrected chi connectivity index (χ0v) is 24.2. The van der Waals surface area contributed by atoms with Crippen molar-refractivity contribution in [3.05, 3.63) is 74.0 Å². The number of anilines is 2. The number of benzene rings is 1. The molecule has 5 rings (SSSR count). The molecule has 1 aromatic carbocycles. The Hall–Kier alpha value is -4.18. The predicted octanol–water partition coefficient (Wildman–Crippen LogP) is 3.35. The zero-order chi connectivity index (χ0) is 30.7. The van der Waals surface area contributed by atoms with Gasteiger partial charge in [-0.2, -0.15) is 9.78 Å². The van der Waals surface area contributed by atoms with Crippen molar-refractivity contribution in [3.63, 3.8) is 0 Å². The van der Waals surface area contributed by atoms with E-state index in [2.05, 4.69) is 15.4 Å². The number of hydrogen-bond acceptors (Lipinski definition) is 9. The van der Waals surface area contributed by atoms with Crippen LogP contribution in [-0.4, -0.2) is 44.9 Å². The molecular formula is C25H24ClF3N8O4S. The van der Waals surface area contributed by atoms with Gasteiger partial charge in [0.2, 0.25) is 16.0 Å². The lowest BCUT2D eigenvalue weighted by molar-refractivity contribution is -0.212. The van der Waals surface area contributed by atoms with Gasteiger partial charge in [0.05, 0.1) is 41.1 Å². The van der Waals surface area contributed by atoms with Crippen LogP contribution in [0, 0.1) is 6.92 Å². The van der Waals surface area contributed by atoms with E-state index in [1.54, 1.807) is 24.8 Å². The van der Waals surface area contributed by atoms with Gasteiger partial charge >= 0.3 is 6.30 Å². The first-order chi connectivity index (χ1) is 19.5. The fourth-order valence-corrected chi connectivity index (χ4v) is 5.41. The number of sulfonamides is 1. The average Bonchev–Trinajstić information content (AvgIpc) is 3.46. The topological polar surface area (TPSA) is 144 Å². The third-order valence-corrected chi connectivity index (χ3v) is 7.41. The van der Waals surface area contributed by atoms with Gasteiger partial charge in [0, 0.05) is 30.9 Å². The van der Waals surface area contributed by atoms with Crippen LogP contribution in [0.2, 0.25) is 5.15 Å². The molecule has 17 heteroatoms. The van der Waals surface area contributed by atoms with Crippen molar-refractivity contribution < 1.29 is 26.4 Å². The second-order valence-corrected chi connectivity index (χ2v) is 12.1. The number of aryl methyl sites for hydroxylation is 1. The molecular weight excluding hydrogens is 601 g/mol. The van der Waals surface area contributed by atoms with Gasteiger partial charge in [0.1, 0.15) is 5.15 Å². The molecule has 3 aromatic heterocycles. The molecule has 0 saturated heterocycles. The van der Waals surface area contributed by atoms with E-state index in [9.17, 15) is 31.2 Å². The maximum Gasteiger partial charge on any atom is 0.504 e. The molecule has 1 atom stereocenters. The molecule has 222 valence electrons. The molecule has 0 fully saturated rings. The molecule has 1 aliphatic heterocycles. The van der Waals surface area contributed by atoms with Gasteiger partial charge in [-0.3, -0.25) is 14.2 Å². The van der Waals surface area contributed by atoms with E-state index in [4.69, 9.17) is 16.6 Å². The van der Waals surface area contributed by atoms with Gasteiger partial charge in [0.15, 0.2) is 5.69 Å². The quantitative estimate of drug-likeness (QED) is 0.309. The summed E-state index contributed by atoms with van der Waals surface area (Å²) in [7, 11) is -2.35. The summed E-state index contributed by atoms with van der Waals surface area (Å²) < 4.78 is 65.7. The molecule has 0 spiro atoms. The van der Waals surface area contributed by atoms with Crippen LogP contribution in [0.15, 0.2) is 35.3 Å². The summed E-state index contributed by atoms with van der Waals surface area (Å²) in [5.74, 6) is -0.748. The molecule has 0 saturated carbocycles. The molecule has 12 nitrogen and oxygen atoms in total. The number of nitrogens with zero attached hydrogens (tertiary/aromatic N) is 6. The molecule has 1 amide bonds. The number of amides is 1. The SMILES string of the molecule is Cc1cc([C@@H](C)Nc2ccc(Cl)nc2C(=O)NS(C)(=O)=O)c2nc(N3Cc4cn(C(F)(F)F)nc4C3)n(C)c(=O)c2c1. The lowest BCUT2D eigenvalue weighted by atomic mass is 10.0. The predicted molar refractivity (Wildman–Crippen MR) is 149 cm³/mol. The molecule has 4 aromatic rings. The number of carbonyl (C=O) groups is 1. The lowest BCUT2D eigenvalue weighted by Crippen LogP contribution is -2.31. The van der Waals surface area contributed by atoms with Crippen LogP contribution < -0.4 is 20.5 Å². The Morgan fingerprint density at radius 3 is 2.52 bits per heavy atom. The Morgan fingerprint density at radius 1 is 1.17 bits per heavy atom. The summed E-state index contributed by atoms with van der Waals surface area (Å²) in [4.78, 5) is 36.6. The van der Waals surface area contributed by atoms with E-state index in [0.717, 1.165) is 18.0 Å². The molecule has 0 radical (unpaired) electrons. The monoisotopic (exact) mass is 624 g/mol. The van der Waals surface area contributed by atoms with Gasteiger partial charge in [-0.1, -0.05) is 17.7 Å². The number of fused-ring (bicyclic) bond motifs is 2. The summed E-state index contributed by atoms with van der Waals surface area (Å²) in [6.07, 6.45) is -2.88. The first kappa shape index (κ1) is 29.3. The van der Waals surface area contributed by atoms with Crippen LogP contribution in [0.5, 0.6) is 0 Å². The van der Waals surface area contributed by atoms with Crippen molar-refractivity contribution in [2.45, 2.75) is 39.3 Å². The number of carbonyl (C=O) groups excluding carboxylic acids is 1. The molecule has 4 heterocycles. The maximum atomic E-state index is 13.5. The summed E-state index contributed by atoms with van der Waals surface area (Å²) in [5, 5.41) is 7.06. The number of aromatic nitrogens is 5. The first-order valence-electron chi connectivity index (χ1n) is 12.4. The minimum Gasteiger partial charge on any atom is -0.377 e. The average molecular weight is 625 g/mol. The summed E-state index contributed by atoms with van der Waals surface area (Å²) in [6.45, 7) is 3.65. The van der Waals surface area contributed by atoms with Gasteiger partial charge in [-0.25, -0.2) is 23.1 Å². The standard InChI is InChI=1S/C25H24ClF3N8O4S/c1-12-7-15(13(2)30-17-5-6-19(26)31-21(17)22(38)34-42(4,40)41)20-16(8-12)23(39)35(3)24(32-20)36-9-14-10-37(25(27,28)29)33-18(14)11-36/h5-8,10,13,30H,9,11H2,1-4H3,(H,34,38)/t13-/m1/s1. The fraction of sp³-hybridized carbons (Fsp3) is 0.320. The Balaban J connectivity index is 1.54. The normalized spacial score (nSPS) is 14.2.